The Balaban J connectivity index is 3.05. The molecule has 0 aromatic rings. The number of carboxylic acids is 1. The molecule has 1 aliphatic heterocycles. The maximum absolute atomic E-state index is 12.4. The molecule has 1 rings (SSSR count). The number of nitrogens with zero attached hydrogens (tertiary/aromatic N) is 2. The van der Waals surface area contributed by atoms with Crippen LogP contribution in [0, 0.1) is 28.6 Å². The summed E-state index contributed by atoms with van der Waals surface area (Å²) in [7, 11) is -3.81. The molecule has 1 aliphatic rings. The van der Waals surface area contributed by atoms with Crippen LogP contribution in [-0.4, -0.2) is 25.2 Å². The lowest BCUT2D eigenvalue weighted by atomic mass is 9.91. The third-order valence-corrected chi connectivity index (χ3v) is 6.02. The van der Waals surface area contributed by atoms with Crippen molar-refractivity contribution in [1.82, 2.24) is 0 Å². The second-order valence-electron chi connectivity index (χ2n) is 5.98. The van der Waals surface area contributed by atoms with Crippen LogP contribution in [0.1, 0.15) is 51.9 Å². The summed E-state index contributed by atoms with van der Waals surface area (Å²) in [6, 6.07) is 3.37. The van der Waals surface area contributed by atoms with Gasteiger partial charge in [0, 0.05) is 6.08 Å². The Bertz CT molecular complexity index is 705. The van der Waals surface area contributed by atoms with Crippen LogP contribution in [0.15, 0.2) is 22.1 Å². The van der Waals surface area contributed by atoms with Gasteiger partial charge in [0.2, 0.25) is 0 Å². The number of aliphatic carboxylic acids is 1. The molecule has 130 valence electrons. The van der Waals surface area contributed by atoms with Crippen molar-refractivity contribution in [3.8, 4) is 12.1 Å². The average molecular weight is 350 g/mol. The van der Waals surface area contributed by atoms with Crippen LogP contribution < -0.4 is 0 Å². The zero-order valence-electron chi connectivity index (χ0n) is 13.8. The largest absolute Gasteiger partial charge is 0.478 e. The fourth-order valence-corrected chi connectivity index (χ4v) is 4.86. The van der Waals surface area contributed by atoms with Gasteiger partial charge in [-0.25, -0.2) is 13.2 Å². The van der Waals surface area contributed by atoms with E-state index in [0.29, 0.717) is 12.5 Å². The van der Waals surface area contributed by atoms with Gasteiger partial charge in [0.15, 0.2) is 9.84 Å². The van der Waals surface area contributed by atoms with Crippen molar-refractivity contribution in [3.05, 3.63) is 22.1 Å². The highest BCUT2D eigenvalue weighted by atomic mass is 32.2. The lowest BCUT2D eigenvalue weighted by Crippen LogP contribution is -2.27. The van der Waals surface area contributed by atoms with Gasteiger partial charge >= 0.3 is 5.97 Å². The Labute approximate surface area is 143 Å². The van der Waals surface area contributed by atoms with E-state index in [-0.39, 0.29) is 29.2 Å². The fraction of sp³-hybridized carbons (Fsp3) is 0.588. The molecule has 0 aromatic heterocycles. The number of hydrogen-bond donors (Lipinski definition) is 1. The Morgan fingerprint density at radius 3 is 2.42 bits per heavy atom. The molecule has 24 heavy (non-hydrogen) atoms. The van der Waals surface area contributed by atoms with E-state index >= 15 is 0 Å². The van der Waals surface area contributed by atoms with Gasteiger partial charge in [-0.1, -0.05) is 39.0 Å². The first-order valence-electron chi connectivity index (χ1n) is 8.06. The SMILES string of the molecule is CCCCCCCC1CC(=C(C#N)C#N)/C(=C/C(=O)O)S(=O)(=O)C1. The zero-order chi connectivity index (χ0) is 18.2. The van der Waals surface area contributed by atoms with Crippen molar-refractivity contribution < 1.29 is 18.3 Å². The first kappa shape index (κ1) is 19.9. The van der Waals surface area contributed by atoms with Gasteiger partial charge in [-0.2, -0.15) is 10.5 Å². The van der Waals surface area contributed by atoms with Gasteiger partial charge in [0.1, 0.15) is 17.7 Å². The van der Waals surface area contributed by atoms with Crippen molar-refractivity contribution in [1.29, 1.82) is 10.5 Å². The fourth-order valence-electron chi connectivity index (χ4n) is 2.93. The minimum atomic E-state index is -3.81. The average Bonchev–Trinajstić information content (AvgIpc) is 2.51. The first-order valence-corrected chi connectivity index (χ1v) is 9.72. The molecule has 0 amide bonds. The molecular formula is C17H22N2O4S. The molecule has 0 spiro atoms. The first-order chi connectivity index (χ1) is 11.4. The van der Waals surface area contributed by atoms with Crippen molar-refractivity contribution in [2.45, 2.75) is 51.9 Å². The molecule has 1 saturated heterocycles. The lowest BCUT2D eigenvalue weighted by molar-refractivity contribution is -0.131. The van der Waals surface area contributed by atoms with Gasteiger partial charge in [0.05, 0.1) is 10.7 Å². The molecular weight excluding hydrogens is 328 g/mol. The molecule has 6 nitrogen and oxygen atoms in total. The number of carbonyl (C=O) groups is 1. The second-order valence-corrected chi connectivity index (χ2v) is 7.98. The molecule has 1 heterocycles. The number of allylic oxidation sites excluding steroid dienone is 2. The van der Waals surface area contributed by atoms with E-state index in [2.05, 4.69) is 6.92 Å². The predicted octanol–water partition coefficient (Wildman–Crippen LogP) is 3.09. The van der Waals surface area contributed by atoms with E-state index < -0.39 is 20.7 Å². The molecule has 1 N–H and O–H groups in total. The van der Waals surface area contributed by atoms with E-state index in [0.717, 1.165) is 32.1 Å². The molecule has 1 unspecified atom stereocenters. The van der Waals surface area contributed by atoms with Crippen molar-refractivity contribution >= 4 is 15.8 Å². The summed E-state index contributed by atoms with van der Waals surface area (Å²) in [5, 5.41) is 27.0. The summed E-state index contributed by atoms with van der Waals surface area (Å²) < 4.78 is 24.8. The van der Waals surface area contributed by atoms with E-state index in [1.165, 1.54) is 0 Å². The van der Waals surface area contributed by atoms with Crippen LogP contribution in [0.25, 0.3) is 0 Å². The number of sulfone groups is 1. The smallest absolute Gasteiger partial charge is 0.329 e. The van der Waals surface area contributed by atoms with Crippen LogP contribution in [0.2, 0.25) is 0 Å². The Morgan fingerprint density at radius 1 is 1.25 bits per heavy atom. The minimum absolute atomic E-state index is 0.0483. The number of hydrogen-bond acceptors (Lipinski definition) is 5. The Kier molecular flexibility index (Phi) is 7.67. The summed E-state index contributed by atoms with van der Waals surface area (Å²) in [4.78, 5) is 10.5. The molecule has 0 aliphatic carbocycles. The third-order valence-electron chi connectivity index (χ3n) is 4.08. The molecule has 0 radical (unpaired) electrons. The molecule has 0 saturated carbocycles. The van der Waals surface area contributed by atoms with Crippen LogP contribution in [0.5, 0.6) is 0 Å². The Hall–Kier alpha value is -2.12. The highest BCUT2D eigenvalue weighted by Crippen LogP contribution is 2.36. The maximum Gasteiger partial charge on any atom is 0.329 e. The van der Waals surface area contributed by atoms with Gasteiger partial charge in [-0.15, -0.1) is 0 Å². The number of rotatable bonds is 7. The van der Waals surface area contributed by atoms with Crippen molar-refractivity contribution in [2.24, 2.45) is 5.92 Å². The quantitative estimate of drug-likeness (QED) is 0.428. The monoisotopic (exact) mass is 350 g/mol. The predicted molar refractivity (Wildman–Crippen MR) is 89.2 cm³/mol. The van der Waals surface area contributed by atoms with Crippen molar-refractivity contribution in [2.75, 3.05) is 5.75 Å². The standard InChI is InChI=1S/C17H22N2O4S/c1-2-3-4-5-6-7-13-8-15(14(10-18)11-19)16(9-17(20)21)24(22,23)12-13/h9,13H,2-8,12H2,1H3,(H,20,21)/b16-9-. The number of nitriles is 2. The Morgan fingerprint density at radius 2 is 1.88 bits per heavy atom. The van der Waals surface area contributed by atoms with E-state index in [4.69, 9.17) is 15.6 Å². The normalized spacial score (nSPS) is 21.0. The maximum atomic E-state index is 12.4. The molecule has 0 aromatic carbocycles. The van der Waals surface area contributed by atoms with Gasteiger partial charge in [-0.05, 0) is 24.3 Å². The molecule has 0 bridgehead atoms. The molecule has 7 heteroatoms. The van der Waals surface area contributed by atoms with Gasteiger partial charge < -0.3 is 5.11 Å². The summed E-state index contributed by atoms with van der Waals surface area (Å²) in [6.45, 7) is 2.12. The van der Waals surface area contributed by atoms with Crippen LogP contribution >= 0.6 is 0 Å². The van der Waals surface area contributed by atoms with Gasteiger partial charge in [-0.3, -0.25) is 0 Å². The summed E-state index contributed by atoms with van der Waals surface area (Å²) in [5.74, 6) is -1.72. The van der Waals surface area contributed by atoms with E-state index in [1.807, 2.05) is 0 Å². The van der Waals surface area contributed by atoms with E-state index in [1.54, 1.807) is 12.1 Å². The van der Waals surface area contributed by atoms with Gasteiger partial charge in [0.25, 0.3) is 0 Å². The highest BCUT2D eigenvalue weighted by molar-refractivity contribution is 7.95. The molecule has 1 atom stereocenters. The van der Waals surface area contributed by atoms with Crippen LogP contribution in [-0.2, 0) is 14.6 Å². The number of unbranched alkanes of at least 4 members (excludes halogenated alkanes) is 4. The van der Waals surface area contributed by atoms with E-state index in [9.17, 15) is 13.2 Å². The van der Waals surface area contributed by atoms with Crippen LogP contribution in [0.3, 0.4) is 0 Å². The molecule has 1 fully saturated rings. The summed E-state index contributed by atoms with van der Waals surface area (Å²) in [6.07, 6.45) is 6.82. The topological polar surface area (TPSA) is 119 Å². The lowest BCUT2D eigenvalue weighted by Gasteiger charge is -2.26. The second kappa shape index (κ2) is 9.24. The highest BCUT2D eigenvalue weighted by Gasteiger charge is 2.35. The van der Waals surface area contributed by atoms with Crippen molar-refractivity contribution in [3.63, 3.8) is 0 Å². The summed E-state index contributed by atoms with van der Waals surface area (Å²) in [5.41, 5.74) is -0.269. The number of carboxylic acid groups (broad SMARTS) is 1. The van der Waals surface area contributed by atoms with Crippen LogP contribution in [0.4, 0.5) is 0 Å². The summed E-state index contributed by atoms with van der Waals surface area (Å²) >= 11 is 0. The minimum Gasteiger partial charge on any atom is -0.478 e. The zero-order valence-corrected chi connectivity index (χ0v) is 14.6. The third kappa shape index (κ3) is 5.50.